The quantitative estimate of drug-likeness (QED) is 0.621. The van der Waals surface area contributed by atoms with E-state index in [1.165, 1.54) is 6.08 Å². The summed E-state index contributed by atoms with van der Waals surface area (Å²) >= 11 is 11.9. The van der Waals surface area contributed by atoms with Crippen molar-refractivity contribution in [1.82, 2.24) is 9.88 Å². The largest absolute Gasteiger partial charge is 0.371 e. The SMILES string of the molecule is C=CC(=O)N1CC(C)(C)OCC1c1cc(Cl)nc(Cl)c1. The van der Waals surface area contributed by atoms with Crippen LogP contribution < -0.4 is 0 Å². The van der Waals surface area contributed by atoms with Crippen molar-refractivity contribution in [3.63, 3.8) is 0 Å². The summed E-state index contributed by atoms with van der Waals surface area (Å²) in [5.74, 6) is -0.143. The van der Waals surface area contributed by atoms with Gasteiger partial charge in [0.25, 0.3) is 0 Å². The van der Waals surface area contributed by atoms with E-state index in [4.69, 9.17) is 27.9 Å². The maximum atomic E-state index is 12.1. The Hall–Kier alpha value is -1.10. The molecule has 1 amide bonds. The van der Waals surface area contributed by atoms with E-state index in [9.17, 15) is 4.79 Å². The van der Waals surface area contributed by atoms with Crippen LogP contribution in [0.15, 0.2) is 24.8 Å². The van der Waals surface area contributed by atoms with Gasteiger partial charge in [0.1, 0.15) is 10.3 Å². The number of amides is 1. The zero-order chi connectivity index (χ0) is 14.9. The van der Waals surface area contributed by atoms with Crippen LogP contribution in [-0.4, -0.2) is 34.5 Å². The minimum absolute atomic E-state index is 0.143. The summed E-state index contributed by atoms with van der Waals surface area (Å²) in [5, 5.41) is 0.590. The van der Waals surface area contributed by atoms with Gasteiger partial charge in [0, 0.05) is 0 Å². The molecule has 0 bridgehead atoms. The van der Waals surface area contributed by atoms with E-state index < -0.39 is 5.60 Å². The highest BCUT2D eigenvalue weighted by molar-refractivity contribution is 6.32. The second-order valence-electron chi connectivity index (χ2n) is 5.30. The molecule has 0 radical (unpaired) electrons. The van der Waals surface area contributed by atoms with Gasteiger partial charge in [-0.15, -0.1) is 0 Å². The molecule has 2 heterocycles. The molecule has 1 saturated heterocycles. The van der Waals surface area contributed by atoms with E-state index in [-0.39, 0.29) is 11.9 Å². The molecule has 1 aliphatic heterocycles. The predicted octanol–water partition coefficient (Wildman–Crippen LogP) is 3.25. The Kier molecular flexibility index (Phi) is 4.37. The summed E-state index contributed by atoms with van der Waals surface area (Å²) < 4.78 is 5.80. The van der Waals surface area contributed by atoms with E-state index in [2.05, 4.69) is 11.6 Å². The lowest BCUT2D eigenvalue weighted by atomic mass is 10.00. The molecule has 20 heavy (non-hydrogen) atoms. The molecule has 1 aromatic heterocycles. The Morgan fingerprint density at radius 2 is 2.10 bits per heavy atom. The first-order valence-electron chi connectivity index (χ1n) is 6.22. The fraction of sp³-hybridized carbons (Fsp3) is 0.429. The topological polar surface area (TPSA) is 42.4 Å². The highest BCUT2D eigenvalue weighted by Crippen LogP contribution is 2.32. The molecule has 0 spiro atoms. The van der Waals surface area contributed by atoms with Gasteiger partial charge in [0.2, 0.25) is 5.91 Å². The minimum atomic E-state index is -0.393. The maximum absolute atomic E-state index is 12.1. The van der Waals surface area contributed by atoms with E-state index in [1.807, 2.05) is 13.8 Å². The summed E-state index contributed by atoms with van der Waals surface area (Å²) in [6, 6.07) is 3.15. The normalized spacial score (nSPS) is 21.6. The van der Waals surface area contributed by atoms with Crippen molar-refractivity contribution >= 4 is 29.1 Å². The number of hydrogen-bond donors (Lipinski definition) is 0. The number of aromatic nitrogens is 1. The molecule has 1 aromatic rings. The molecule has 1 unspecified atom stereocenters. The molecule has 0 saturated carbocycles. The van der Waals surface area contributed by atoms with Crippen LogP contribution in [0.4, 0.5) is 0 Å². The fourth-order valence-electron chi connectivity index (χ4n) is 2.26. The molecular weight excluding hydrogens is 299 g/mol. The standard InChI is InChI=1S/C14H16Cl2N2O2/c1-4-13(19)18-8-14(2,3)20-7-10(18)9-5-11(15)17-12(16)6-9/h4-6,10H,1,7-8H2,2-3H3. The third-order valence-corrected chi connectivity index (χ3v) is 3.57. The van der Waals surface area contributed by atoms with Crippen LogP contribution in [0.5, 0.6) is 0 Å². The predicted molar refractivity (Wildman–Crippen MR) is 78.9 cm³/mol. The number of nitrogens with zero attached hydrogens (tertiary/aromatic N) is 2. The third-order valence-electron chi connectivity index (χ3n) is 3.19. The van der Waals surface area contributed by atoms with Gasteiger partial charge in [-0.3, -0.25) is 4.79 Å². The fourth-order valence-corrected chi connectivity index (χ4v) is 2.74. The van der Waals surface area contributed by atoms with Gasteiger partial charge in [0.05, 0.1) is 24.8 Å². The van der Waals surface area contributed by atoms with Crippen LogP contribution >= 0.6 is 23.2 Å². The van der Waals surface area contributed by atoms with Crippen LogP contribution in [0.3, 0.4) is 0 Å². The van der Waals surface area contributed by atoms with Crippen LogP contribution in [0.2, 0.25) is 10.3 Å². The van der Waals surface area contributed by atoms with Crippen molar-refractivity contribution in [2.24, 2.45) is 0 Å². The number of rotatable bonds is 2. The van der Waals surface area contributed by atoms with Crippen LogP contribution in [0, 0.1) is 0 Å². The van der Waals surface area contributed by atoms with Crippen molar-refractivity contribution in [2.45, 2.75) is 25.5 Å². The second-order valence-corrected chi connectivity index (χ2v) is 6.08. The highest BCUT2D eigenvalue weighted by atomic mass is 35.5. The molecule has 0 N–H and O–H groups in total. The van der Waals surface area contributed by atoms with Gasteiger partial charge in [0.15, 0.2) is 0 Å². The highest BCUT2D eigenvalue weighted by Gasteiger charge is 2.36. The molecule has 108 valence electrons. The van der Waals surface area contributed by atoms with E-state index in [0.717, 1.165) is 5.56 Å². The van der Waals surface area contributed by atoms with Crippen molar-refractivity contribution in [1.29, 1.82) is 0 Å². The van der Waals surface area contributed by atoms with Crippen LogP contribution in [-0.2, 0) is 9.53 Å². The number of carbonyl (C=O) groups excluding carboxylic acids is 1. The number of hydrogen-bond acceptors (Lipinski definition) is 3. The zero-order valence-electron chi connectivity index (χ0n) is 11.4. The number of morpholine rings is 1. The smallest absolute Gasteiger partial charge is 0.246 e. The van der Waals surface area contributed by atoms with Gasteiger partial charge in [-0.2, -0.15) is 0 Å². The first kappa shape index (κ1) is 15.3. The number of carbonyl (C=O) groups is 1. The van der Waals surface area contributed by atoms with E-state index in [0.29, 0.717) is 23.5 Å². The zero-order valence-corrected chi connectivity index (χ0v) is 12.9. The lowest BCUT2D eigenvalue weighted by Crippen LogP contribution is -2.51. The molecule has 4 nitrogen and oxygen atoms in total. The molecule has 0 aliphatic carbocycles. The Balaban J connectivity index is 2.37. The number of halogens is 2. The Morgan fingerprint density at radius 3 is 2.65 bits per heavy atom. The average Bonchev–Trinajstić information content (AvgIpc) is 2.35. The molecular formula is C14H16Cl2N2O2. The summed E-state index contributed by atoms with van der Waals surface area (Å²) in [6.45, 7) is 8.29. The molecule has 1 atom stereocenters. The minimum Gasteiger partial charge on any atom is -0.371 e. The van der Waals surface area contributed by atoms with Gasteiger partial charge in [-0.25, -0.2) is 4.98 Å². The van der Waals surface area contributed by atoms with Crippen LogP contribution in [0.1, 0.15) is 25.5 Å². The lowest BCUT2D eigenvalue weighted by molar-refractivity contribution is -0.151. The molecule has 6 heteroatoms. The van der Waals surface area contributed by atoms with Gasteiger partial charge in [-0.05, 0) is 37.6 Å². The monoisotopic (exact) mass is 314 g/mol. The first-order chi connectivity index (χ1) is 9.32. The summed E-state index contributed by atoms with van der Waals surface area (Å²) in [7, 11) is 0. The summed E-state index contributed by atoms with van der Waals surface area (Å²) in [5.41, 5.74) is 0.413. The molecule has 1 fully saturated rings. The van der Waals surface area contributed by atoms with Gasteiger partial charge < -0.3 is 9.64 Å². The molecule has 0 aromatic carbocycles. The lowest BCUT2D eigenvalue weighted by Gasteiger charge is -2.43. The van der Waals surface area contributed by atoms with Crippen molar-refractivity contribution in [2.75, 3.05) is 13.2 Å². The van der Waals surface area contributed by atoms with Gasteiger partial charge in [-0.1, -0.05) is 29.8 Å². The third kappa shape index (κ3) is 3.32. The average molecular weight is 315 g/mol. The van der Waals surface area contributed by atoms with Crippen molar-refractivity contribution in [3.8, 4) is 0 Å². The number of ether oxygens (including phenoxy) is 1. The van der Waals surface area contributed by atoms with E-state index in [1.54, 1.807) is 17.0 Å². The molecule has 1 aliphatic rings. The Labute approximate surface area is 128 Å². The Morgan fingerprint density at radius 1 is 1.50 bits per heavy atom. The number of pyridine rings is 1. The summed E-state index contributed by atoms with van der Waals surface area (Å²) in [6.07, 6.45) is 1.30. The van der Waals surface area contributed by atoms with Crippen molar-refractivity contribution < 1.29 is 9.53 Å². The van der Waals surface area contributed by atoms with E-state index >= 15 is 0 Å². The summed E-state index contributed by atoms with van der Waals surface area (Å²) in [4.78, 5) is 17.7. The first-order valence-corrected chi connectivity index (χ1v) is 6.98. The van der Waals surface area contributed by atoms with Gasteiger partial charge >= 0.3 is 0 Å². The molecule has 2 rings (SSSR count). The second kappa shape index (κ2) is 5.72. The maximum Gasteiger partial charge on any atom is 0.246 e. The van der Waals surface area contributed by atoms with Crippen LogP contribution in [0.25, 0.3) is 0 Å². The van der Waals surface area contributed by atoms with Crippen molar-refractivity contribution in [3.05, 3.63) is 40.7 Å². The Bertz CT molecular complexity index is 526.